The fraction of sp³-hybridized carbons (Fsp3) is 0.438. The van der Waals surface area contributed by atoms with Gasteiger partial charge in [-0.15, -0.1) is 5.10 Å². The average Bonchev–Trinajstić information content (AvgIpc) is 3.21. The Morgan fingerprint density at radius 1 is 1.35 bits per heavy atom. The van der Waals surface area contributed by atoms with E-state index in [0.717, 1.165) is 12.1 Å². The molecule has 2 aromatic rings. The van der Waals surface area contributed by atoms with Crippen molar-refractivity contribution < 1.29 is 22.4 Å². The Bertz CT molecular complexity index is 804. The van der Waals surface area contributed by atoms with Crippen LogP contribution in [0.3, 0.4) is 0 Å². The smallest absolute Gasteiger partial charge is 0.337 e. The number of likely N-dealkylation sites (tertiary alicyclic amines) is 1. The average molecular weight is 371 g/mol. The lowest BCUT2D eigenvalue weighted by Gasteiger charge is -2.17. The molecule has 1 unspecified atom stereocenters. The molecule has 1 fully saturated rings. The van der Waals surface area contributed by atoms with Crippen molar-refractivity contribution in [3.05, 3.63) is 41.5 Å². The molecule has 0 saturated carbocycles. The minimum absolute atomic E-state index is 0.167. The summed E-state index contributed by atoms with van der Waals surface area (Å²) in [6.07, 6.45) is -4.23. The molecule has 10 heteroatoms. The Morgan fingerprint density at radius 3 is 2.73 bits per heavy atom. The summed E-state index contributed by atoms with van der Waals surface area (Å²) in [6.45, 7) is 1.34. The van der Waals surface area contributed by atoms with Crippen LogP contribution < -0.4 is 5.32 Å². The number of carbonyl (C=O) groups is 1. The van der Waals surface area contributed by atoms with Crippen molar-refractivity contribution in [3.8, 4) is 5.69 Å². The van der Waals surface area contributed by atoms with Crippen LogP contribution in [0.2, 0.25) is 0 Å². The van der Waals surface area contributed by atoms with Gasteiger partial charge in [0, 0.05) is 13.1 Å². The standard InChI is InChI=1S/C16H17F4N5O/c1-21-8-10-6-7-24(9-10)15(26)13-14(16(18,19)20)25(23-22-13)12-5-3-2-4-11(12)17/h2-5,10,21H,6-9H2,1H3. The minimum Gasteiger partial charge on any atom is -0.337 e. The molecule has 2 heterocycles. The summed E-state index contributed by atoms with van der Waals surface area (Å²) in [7, 11) is 1.77. The molecule has 1 atom stereocenters. The number of carbonyl (C=O) groups excluding carboxylic acids is 1. The summed E-state index contributed by atoms with van der Waals surface area (Å²) in [5, 5.41) is 9.83. The van der Waals surface area contributed by atoms with Gasteiger partial charge in [-0.1, -0.05) is 17.3 Å². The van der Waals surface area contributed by atoms with E-state index in [0.29, 0.717) is 30.7 Å². The zero-order chi connectivity index (χ0) is 18.9. The van der Waals surface area contributed by atoms with Gasteiger partial charge in [-0.05, 0) is 38.1 Å². The van der Waals surface area contributed by atoms with Crippen molar-refractivity contribution in [1.29, 1.82) is 0 Å². The molecule has 1 amide bonds. The lowest BCUT2D eigenvalue weighted by molar-refractivity contribution is -0.143. The van der Waals surface area contributed by atoms with Crippen molar-refractivity contribution in [2.75, 3.05) is 26.7 Å². The van der Waals surface area contributed by atoms with Crippen LogP contribution >= 0.6 is 0 Å². The quantitative estimate of drug-likeness (QED) is 0.837. The van der Waals surface area contributed by atoms with Gasteiger partial charge in [0.2, 0.25) is 0 Å². The Kier molecular flexibility index (Phi) is 4.94. The van der Waals surface area contributed by atoms with Crippen molar-refractivity contribution in [2.24, 2.45) is 5.92 Å². The molecular formula is C16H17F4N5O. The van der Waals surface area contributed by atoms with Gasteiger partial charge in [-0.3, -0.25) is 4.79 Å². The molecule has 0 bridgehead atoms. The molecule has 0 radical (unpaired) electrons. The van der Waals surface area contributed by atoms with E-state index in [9.17, 15) is 22.4 Å². The molecule has 140 valence electrons. The molecule has 0 aliphatic carbocycles. The number of amides is 1. The highest BCUT2D eigenvalue weighted by molar-refractivity contribution is 5.93. The Labute approximate surface area is 146 Å². The van der Waals surface area contributed by atoms with E-state index in [4.69, 9.17) is 0 Å². The van der Waals surface area contributed by atoms with E-state index < -0.39 is 35.0 Å². The topological polar surface area (TPSA) is 63.1 Å². The fourth-order valence-electron chi connectivity index (χ4n) is 3.09. The van der Waals surface area contributed by atoms with E-state index in [1.807, 2.05) is 0 Å². The summed E-state index contributed by atoms with van der Waals surface area (Å²) in [5.74, 6) is -1.57. The lowest BCUT2D eigenvalue weighted by atomic mass is 10.1. The molecule has 1 aromatic carbocycles. The number of nitrogens with zero attached hydrogens (tertiary/aromatic N) is 4. The zero-order valence-corrected chi connectivity index (χ0v) is 13.9. The second-order valence-corrected chi connectivity index (χ2v) is 6.11. The number of benzene rings is 1. The van der Waals surface area contributed by atoms with Crippen molar-refractivity contribution in [2.45, 2.75) is 12.6 Å². The van der Waals surface area contributed by atoms with Gasteiger partial charge in [0.05, 0.1) is 0 Å². The maximum atomic E-state index is 13.9. The number of alkyl halides is 3. The third kappa shape index (κ3) is 3.41. The van der Waals surface area contributed by atoms with Crippen molar-refractivity contribution >= 4 is 5.91 Å². The molecule has 26 heavy (non-hydrogen) atoms. The van der Waals surface area contributed by atoms with Gasteiger partial charge in [0.15, 0.2) is 11.4 Å². The minimum atomic E-state index is -4.92. The first-order valence-corrected chi connectivity index (χ1v) is 8.04. The Balaban J connectivity index is 1.99. The maximum absolute atomic E-state index is 13.9. The molecular weight excluding hydrogens is 354 g/mol. The number of para-hydroxylation sites is 1. The van der Waals surface area contributed by atoms with Gasteiger partial charge in [0.1, 0.15) is 11.5 Å². The molecule has 1 aromatic heterocycles. The predicted octanol–water partition coefficient (Wildman–Crippen LogP) is 2.11. The second-order valence-electron chi connectivity index (χ2n) is 6.11. The normalized spacial score (nSPS) is 17.7. The van der Waals surface area contributed by atoms with Crippen LogP contribution in [0, 0.1) is 11.7 Å². The number of halogens is 4. The van der Waals surface area contributed by atoms with E-state index in [2.05, 4.69) is 15.6 Å². The number of nitrogens with one attached hydrogen (secondary N) is 1. The van der Waals surface area contributed by atoms with Crippen LogP contribution in [0.15, 0.2) is 24.3 Å². The third-order valence-electron chi connectivity index (χ3n) is 4.29. The highest BCUT2D eigenvalue weighted by atomic mass is 19.4. The molecule has 0 spiro atoms. The molecule has 1 aliphatic heterocycles. The van der Waals surface area contributed by atoms with Crippen LogP contribution in [-0.4, -0.2) is 52.5 Å². The highest BCUT2D eigenvalue weighted by Gasteiger charge is 2.44. The zero-order valence-electron chi connectivity index (χ0n) is 13.9. The summed E-state index contributed by atoms with van der Waals surface area (Å²) in [5.41, 5.74) is -2.60. The molecule has 1 saturated heterocycles. The number of hydrogen-bond donors (Lipinski definition) is 1. The van der Waals surface area contributed by atoms with E-state index >= 15 is 0 Å². The van der Waals surface area contributed by atoms with Crippen LogP contribution in [0.1, 0.15) is 22.6 Å². The van der Waals surface area contributed by atoms with Gasteiger partial charge in [-0.25, -0.2) is 9.07 Å². The van der Waals surface area contributed by atoms with Gasteiger partial charge < -0.3 is 10.2 Å². The number of rotatable bonds is 4. The van der Waals surface area contributed by atoms with Crippen LogP contribution in [0.5, 0.6) is 0 Å². The number of hydrogen-bond acceptors (Lipinski definition) is 4. The lowest BCUT2D eigenvalue weighted by Crippen LogP contribution is -2.32. The maximum Gasteiger partial charge on any atom is 0.435 e. The summed E-state index contributed by atoms with van der Waals surface area (Å²) in [6, 6.07) is 4.89. The van der Waals surface area contributed by atoms with Gasteiger partial charge >= 0.3 is 6.18 Å². The molecule has 6 nitrogen and oxygen atoms in total. The van der Waals surface area contributed by atoms with E-state index in [-0.39, 0.29) is 5.92 Å². The Hall–Kier alpha value is -2.49. The van der Waals surface area contributed by atoms with Crippen LogP contribution in [0.25, 0.3) is 5.69 Å². The largest absolute Gasteiger partial charge is 0.435 e. The monoisotopic (exact) mass is 371 g/mol. The van der Waals surface area contributed by atoms with E-state index in [1.54, 1.807) is 7.05 Å². The summed E-state index contributed by atoms with van der Waals surface area (Å²) >= 11 is 0. The Morgan fingerprint density at radius 2 is 2.08 bits per heavy atom. The SMILES string of the molecule is CNCC1CCN(C(=O)c2nnn(-c3ccccc3F)c2C(F)(F)F)C1. The molecule has 3 rings (SSSR count). The second kappa shape index (κ2) is 7.02. The first-order valence-electron chi connectivity index (χ1n) is 8.04. The summed E-state index contributed by atoms with van der Waals surface area (Å²) in [4.78, 5) is 13.9. The molecule has 1 N–H and O–H groups in total. The van der Waals surface area contributed by atoms with E-state index in [1.165, 1.54) is 17.0 Å². The van der Waals surface area contributed by atoms with Crippen molar-refractivity contribution in [1.82, 2.24) is 25.2 Å². The highest BCUT2D eigenvalue weighted by Crippen LogP contribution is 2.34. The summed E-state index contributed by atoms with van der Waals surface area (Å²) < 4.78 is 55.1. The predicted molar refractivity (Wildman–Crippen MR) is 84.3 cm³/mol. The fourth-order valence-corrected chi connectivity index (χ4v) is 3.09. The first kappa shape index (κ1) is 18.3. The van der Waals surface area contributed by atoms with Crippen molar-refractivity contribution in [3.63, 3.8) is 0 Å². The van der Waals surface area contributed by atoms with Crippen LogP contribution in [-0.2, 0) is 6.18 Å². The van der Waals surface area contributed by atoms with Crippen LogP contribution in [0.4, 0.5) is 17.6 Å². The first-order chi connectivity index (χ1) is 12.3. The van der Waals surface area contributed by atoms with Gasteiger partial charge in [0.25, 0.3) is 5.91 Å². The number of aromatic nitrogens is 3. The van der Waals surface area contributed by atoms with Gasteiger partial charge in [-0.2, -0.15) is 13.2 Å². The molecule has 1 aliphatic rings. The third-order valence-corrected chi connectivity index (χ3v) is 4.29.